The minimum Gasteiger partial charge on any atom is -0.485 e. The molecule has 70 heavy (non-hydrogen) atoms. The Morgan fingerprint density at radius 1 is 0.514 bits per heavy atom. The first kappa shape index (κ1) is 60.1. The second-order valence-electron chi connectivity index (χ2n) is 23.0. The van der Waals surface area contributed by atoms with Crippen molar-refractivity contribution in [1.29, 1.82) is 0 Å². The molecule has 0 spiro atoms. The van der Waals surface area contributed by atoms with Crippen molar-refractivity contribution in [2.75, 3.05) is 26.4 Å². The van der Waals surface area contributed by atoms with Gasteiger partial charge in [0.05, 0.1) is 30.7 Å². The Balaban J connectivity index is 2.72. The number of thiocarbonyl (C=S) groups is 1. The van der Waals surface area contributed by atoms with Gasteiger partial charge in [-0.3, -0.25) is 14.4 Å². The SMILES string of the molecule is CCCCCCCCCCCCC(c1ccc(CCC(=O)O)cc1C(C)(C)C)C(C(=S)OCC(CO)(CO)CO)(c1ccc(CCC(=O)O)cc1C(C)(C)C)c1ccc(CCC(=O)O)cc1C(C)(C)C. The van der Waals surface area contributed by atoms with Crippen LogP contribution in [0.3, 0.4) is 0 Å². The molecule has 11 heteroatoms. The molecule has 0 bridgehead atoms. The van der Waals surface area contributed by atoms with Crippen molar-refractivity contribution in [1.82, 2.24) is 0 Å². The van der Waals surface area contributed by atoms with Crippen LogP contribution in [-0.2, 0) is 60.0 Å². The van der Waals surface area contributed by atoms with E-state index in [0.717, 1.165) is 75.8 Å². The normalized spacial score (nSPS) is 13.0. The molecule has 0 aliphatic heterocycles. The molecule has 0 saturated heterocycles. The molecular formula is C59H88O10S. The second kappa shape index (κ2) is 27.0. The van der Waals surface area contributed by atoms with Crippen LogP contribution in [0, 0.1) is 5.41 Å². The zero-order chi connectivity index (χ0) is 52.5. The van der Waals surface area contributed by atoms with E-state index in [4.69, 9.17) is 17.0 Å². The molecule has 3 rings (SSSR count). The number of benzene rings is 3. The molecule has 3 aromatic rings. The Morgan fingerprint density at radius 3 is 1.23 bits per heavy atom. The lowest BCUT2D eigenvalue weighted by Gasteiger charge is -2.48. The lowest BCUT2D eigenvalue weighted by molar-refractivity contribution is -0.138. The Bertz CT molecular complexity index is 2080. The molecule has 0 amide bonds. The average molecular weight is 989 g/mol. The molecule has 1 atom stereocenters. The molecule has 0 fully saturated rings. The van der Waals surface area contributed by atoms with Gasteiger partial charge < -0.3 is 35.4 Å². The van der Waals surface area contributed by atoms with Gasteiger partial charge in [0.1, 0.15) is 6.61 Å². The molecule has 0 heterocycles. The molecule has 0 radical (unpaired) electrons. The average Bonchev–Trinajstić information content (AvgIpc) is 3.29. The van der Waals surface area contributed by atoms with Gasteiger partial charge in [0.15, 0.2) is 5.05 Å². The Kier molecular flexibility index (Phi) is 23.2. The highest BCUT2D eigenvalue weighted by molar-refractivity contribution is 7.80. The van der Waals surface area contributed by atoms with Crippen LogP contribution < -0.4 is 0 Å². The molecule has 3 aromatic carbocycles. The van der Waals surface area contributed by atoms with Crippen molar-refractivity contribution < 1.29 is 49.8 Å². The lowest BCUT2D eigenvalue weighted by atomic mass is 9.56. The van der Waals surface area contributed by atoms with Gasteiger partial charge in [-0.25, -0.2) is 0 Å². The fourth-order valence-electron chi connectivity index (χ4n) is 9.83. The highest BCUT2D eigenvalue weighted by atomic mass is 32.1. The standard InChI is InChI=1S/C59H88O10S/c1-11-12-13-14-15-16-17-18-19-20-21-45(44-28-22-41(25-31-51(63)64)34-48(44)55(2,3)4)59(54(70)69-40-58(37-60,38-61)39-62,46-29-23-42(26-32-52(65)66)35-49(46)56(5,6)7)47-30-24-43(27-33-53(67)68)36-50(47)57(8,9)10/h22-24,28-30,34-36,45,60-62H,11-21,25-27,31-33,37-40H2,1-10H3,(H,63,64)(H,65,66)(H,67,68). The first-order chi connectivity index (χ1) is 32.8. The van der Waals surface area contributed by atoms with Crippen molar-refractivity contribution in [2.24, 2.45) is 5.41 Å². The van der Waals surface area contributed by atoms with Gasteiger partial charge in [0, 0.05) is 25.2 Å². The van der Waals surface area contributed by atoms with Crippen LogP contribution in [0.1, 0.15) is 215 Å². The molecule has 1 unspecified atom stereocenters. The largest absolute Gasteiger partial charge is 0.485 e. The van der Waals surface area contributed by atoms with Crippen LogP contribution in [0.5, 0.6) is 0 Å². The summed E-state index contributed by atoms with van der Waals surface area (Å²) in [6.45, 7) is 19.5. The van der Waals surface area contributed by atoms with Crippen LogP contribution >= 0.6 is 12.2 Å². The van der Waals surface area contributed by atoms with E-state index in [-0.39, 0.29) is 30.9 Å². The number of aliphatic hydroxyl groups is 3. The molecule has 0 aliphatic carbocycles. The molecule has 10 nitrogen and oxygen atoms in total. The summed E-state index contributed by atoms with van der Waals surface area (Å²) in [4.78, 5) is 35.8. The van der Waals surface area contributed by atoms with Crippen molar-refractivity contribution >= 4 is 35.2 Å². The summed E-state index contributed by atoms with van der Waals surface area (Å²) in [6.07, 6.45) is 12.8. The highest BCUT2D eigenvalue weighted by Gasteiger charge is 2.53. The van der Waals surface area contributed by atoms with E-state index in [9.17, 15) is 45.0 Å². The molecule has 0 aromatic heterocycles. The topological polar surface area (TPSA) is 182 Å². The van der Waals surface area contributed by atoms with Crippen LogP contribution in [0.25, 0.3) is 0 Å². The fourth-order valence-corrected chi connectivity index (χ4v) is 10.3. The number of hydrogen-bond acceptors (Lipinski definition) is 8. The molecule has 0 saturated carbocycles. The lowest BCUT2D eigenvalue weighted by Crippen LogP contribution is -2.49. The molecular weight excluding hydrogens is 901 g/mol. The third-order valence-electron chi connectivity index (χ3n) is 14.0. The minimum atomic E-state index is -1.44. The predicted molar refractivity (Wildman–Crippen MR) is 286 cm³/mol. The van der Waals surface area contributed by atoms with E-state index < -0.39 is 70.7 Å². The molecule has 390 valence electrons. The number of rotatable bonds is 30. The van der Waals surface area contributed by atoms with Gasteiger partial charge in [0.25, 0.3) is 0 Å². The number of aliphatic carboxylic acids is 3. The number of aryl methyl sites for hydroxylation is 3. The van der Waals surface area contributed by atoms with Gasteiger partial charge in [-0.1, -0.05) is 188 Å². The van der Waals surface area contributed by atoms with Gasteiger partial charge in [0.2, 0.25) is 0 Å². The Labute approximate surface area is 425 Å². The number of carbonyl (C=O) groups is 3. The van der Waals surface area contributed by atoms with Crippen LogP contribution in [0.15, 0.2) is 54.6 Å². The van der Waals surface area contributed by atoms with Crippen molar-refractivity contribution in [2.45, 2.75) is 206 Å². The van der Waals surface area contributed by atoms with Gasteiger partial charge in [-0.05, 0) is 104 Å². The van der Waals surface area contributed by atoms with Crippen molar-refractivity contribution in [3.05, 3.63) is 105 Å². The third-order valence-corrected chi connectivity index (χ3v) is 14.5. The van der Waals surface area contributed by atoms with E-state index in [0.29, 0.717) is 25.7 Å². The predicted octanol–water partition coefficient (Wildman–Crippen LogP) is 12.3. The van der Waals surface area contributed by atoms with Crippen LogP contribution in [-0.4, -0.2) is 80.0 Å². The maximum absolute atomic E-state index is 12.0. The van der Waals surface area contributed by atoms with E-state index >= 15 is 0 Å². The maximum atomic E-state index is 12.0. The quantitative estimate of drug-likeness (QED) is 0.0276. The van der Waals surface area contributed by atoms with Gasteiger partial charge in [-0.2, -0.15) is 0 Å². The zero-order valence-electron chi connectivity index (χ0n) is 44.3. The maximum Gasteiger partial charge on any atom is 0.303 e. The molecule has 0 aliphatic rings. The van der Waals surface area contributed by atoms with Crippen LogP contribution in [0.4, 0.5) is 0 Å². The van der Waals surface area contributed by atoms with Gasteiger partial charge >= 0.3 is 17.9 Å². The first-order valence-electron chi connectivity index (χ1n) is 25.9. The number of carboxylic acid groups (broad SMARTS) is 3. The summed E-state index contributed by atoms with van der Waals surface area (Å²) in [5.74, 6) is -3.14. The van der Waals surface area contributed by atoms with Crippen LogP contribution in [0.2, 0.25) is 0 Å². The first-order valence-corrected chi connectivity index (χ1v) is 26.3. The fraction of sp³-hybridized carbons (Fsp3) is 0.627. The summed E-state index contributed by atoms with van der Waals surface area (Å²) < 4.78 is 6.96. The zero-order valence-corrected chi connectivity index (χ0v) is 45.2. The number of ether oxygens (including phenoxy) is 1. The van der Waals surface area contributed by atoms with Crippen molar-refractivity contribution in [3.8, 4) is 0 Å². The molecule has 6 N–H and O–H groups in total. The monoisotopic (exact) mass is 989 g/mol. The van der Waals surface area contributed by atoms with Crippen molar-refractivity contribution in [3.63, 3.8) is 0 Å². The van der Waals surface area contributed by atoms with E-state index in [1.54, 1.807) is 0 Å². The third kappa shape index (κ3) is 16.7. The summed E-state index contributed by atoms with van der Waals surface area (Å²) in [7, 11) is 0. The number of unbranched alkanes of at least 4 members (excludes halogenated alkanes) is 9. The number of carboxylic acids is 3. The number of aliphatic hydroxyl groups excluding tert-OH is 3. The summed E-state index contributed by atoms with van der Waals surface area (Å²) in [5.41, 5.74) is 3.88. The van der Waals surface area contributed by atoms with Gasteiger partial charge in [-0.15, -0.1) is 0 Å². The Morgan fingerprint density at radius 2 is 0.871 bits per heavy atom. The van der Waals surface area contributed by atoms with E-state index in [2.05, 4.69) is 106 Å². The highest BCUT2D eigenvalue weighted by Crippen LogP contribution is 2.55. The summed E-state index contributed by atoms with van der Waals surface area (Å²) in [6, 6.07) is 18.7. The second-order valence-corrected chi connectivity index (χ2v) is 23.4. The smallest absolute Gasteiger partial charge is 0.303 e. The summed E-state index contributed by atoms with van der Waals surface area (Å²) in [5, 5.41) is 61.6. The number of hydrogen-bond donors (Lipinski definition) is 6. The summed E-state index contributed by atoms with van der Waals surface area (Å²) >= 11 is 6.87. The minimum absolute atomic E-state index is 0.0263. The van der Waals surface area contributed by atoms with E-state index in [1.165, 1.54) is 38.5 Å². The Hall–Kier alpha value is -4.16. The van der Waals surface area contributed by atoms with E-state index in [1.807, 2.05) is 18.2 Å².